The van der Waals surface area contributed by atoms with Gasteiger partial charge in [0.1, 0.15) is 8.96 Å². The van der Waals surface area contributed by atoms with E-state index in [0.717, 1.165) is 0 Å². The van der Waals surface area contributed by atoms with Gasteiger partial charge in [0.2, 0.25) is 0 Å². The molecule has 1 saturated heterocycles. The van der Waals surface area contributed by atoms with Crippen LogP contribution >= 0.6 is 0 Å². The molecule has 1 rings (SSSR count). The van der Waals surface area contributed by atoms with Crippen LogP contribution in [-0.2, 0) is 0 Å². The Morgan fingerprint density at radius 1 is 0.682 bits per heavy atom. The molecule has 1 fully saturated rings. The van der Waals surface area contributed by atoms with Crippen LogP contribution in [0.5, 0.6) is 0 Å². The van der Waals surface area contributed by atoms with E-state index in [1.54, 1.807) is 0 Å². The summed E-state index contributed by atoms with van der Waals surface area (Å²) in [6.07, 6.45) is 0. The minimum Gasteiger partial charge on any atom is -0.348 e. The molecule has 1 N–H and O–H groups in total. The van der Waals surface area contributed by atoms with E-state index in [1.807, 2.05) is 0 Å². The van der Waals surface area contributed by atoms with Crippen LogP contribution in [0.3, 0.4) is 0 Å². The van der Waals surface area contributed by atoms with Crippen molar-refractivity contribution in [3.05, 3.63) is 0 Å². The van der Waals surface area contributed by atoms with Crippen LogP contribution in [0.2, 0.25) is 26.2 Å². The molecule has 0 bridgehead atoms. The van der Waals surface area contributed by atoms with Crippen molar-refractivity contribution in [2.45, 2.75) is 26.2 Å². The van der Waals surface area contributed by atoms with Gasteiger partial charge in [0.25, 0.3) is 0 Å². The summed E-state index contributed by atoms with van der Waals surface area (Å²) in [4.78, 5) is 7.43. The van der Waals surface area contributed by atoms with Crippen molar-refractivity contribution in [3.8, 4) is 0 Å². The first-order valence-electron chi connectivity index (χ1n) is 8.60. The summed E-state index contributed by atoms with van der Waals surface area (Å²) in [5.41, 5.74) is 0. The summed E-state index contributed by atoms with van der Waals surface area (Å²) in [6.45, 7) is 19.1. The first-order chi connectivity index (χ1) is 10.2. The largest absolute Gasteiger partial charge is 0.348 e. The Morgan fingerprint density at radius 3 is 1.32 bits per heavy atom. The fourth-order valence-electron chi connectivity index (χ4n) is 2.96. The molecule has 1 aliphatic heterocycles. The minimum absolute atomic E-state index is 0.387. The van der Waals surface area contributed by atoms with E-state index in [0.29, 0.717) is 0 Å². The van der Waals surface area contributed by atoms with E-state index in [2.05, 4.69) is 71.2 Å². The van der Waals surface area contributed by atoms with Crippen LogP contribution in [0.25, 0.3) is 0 Å². The summed E-state index contributed by atoms with van der Waals surface area (Å²) in [6, 6.07) is 0. The first-order valence-corrected chi connectivity index (χ1v) is 14.0. The molecule has 0 saturated carbocycles. The lowest BCUT2D eigenvalue weighted by atomic mass is 10.4. The second kappa shape index (κ2) is 9.51. The van der Waals surface area contributed by atoms with Gasteiger partial charge in [-0.05, 0) is 34.2 Å². The number of nitrogens with one attached hydrogen (secondary N) is 1. The van der Waals surface area contributed by atoms with Crippen LogP contribution in [0.4, 0.5) is 0 Å². The van der Waals surface area contributed by atoms with E-state index >= 15 is 0 Å². The fourth-order valence-corrected chi connectivity index (χ4v) is 9.81. The Kier molecular flexibility index (Phi) is 8.77. The van der Waals surface area contributed by atoms with Crippen LogP contribution in [-0.4, -0.2) is 110 Å². The molecule has 131 valence electrons. The van der Waals surface area contributed by atoms with Gasteiger partial charge in [0.15, 0.2) is 8.40 Å². The molecule has 0 amide bonds. The zero-order valence-electron chi connectivity index (χ0n) is 15.9. The Labute approximate surface area is 141 Å². The molecule has 22 heavy (non-hydrogen) atoms. The maximum absolute atomic E-state index is 3.96. The molecular weight excluding hydrogens is 306 g/mol. The zero-order valence-corrected chi connectivity index (χ0v) is 17.9. The summed E-state index contributed by atoms with van der Waals surface area (Å²) in [7, 11) is 4.89. The quantitative estimate of drug-likeness (QED) is 0.758. The van der Waals surface area contributed by atoms with Gasteiger partial charge in [0.05, 0.1) is 0 Å². The molecule has 7 heteroatoms. The van der Waals surface area contributed by atoms with Crippen molar-refractivity contribution in [3.63, 3.8) is 0 Å². The van der Waals surface area contributed by atoms with Crippen molar-refractivity contribution >= 4 is 17.4 Å². The Morgan fingerprint density at radius 2 is 1.00 bits per heavy atom. The summed E-state index contributed by atoms with van der Waals surface area (Å²) in [5, 5.41) is 0. The Bertz CT molecular complexity index is 296. The summed E-state index contributed by atoms with van der Waals surface area (Å²) < 4.78 is 6.73. The molecule has 0 aromatic heterocycles. The topological polar surface area (TPSA) is 25.0 Å². The van der Waals surface area contributed by atoms with Crippen molar-refractivity contribution in [1.29, 1.82) is 0 Å². The molecule has 0 aromatic rings. The molecule has 5 nitrogen and oxygen atoms in total. The molecule has 1 aliphatic rings. The predicted octanol–water partition coefficient (Wildman–Crippen LogP) is 0.640. The van der Waals surface area contributed by atoms with Crippen molar-refractivity contribution < 1.29 is 0 Å². The van der Waals surface area contributed by atoms with Gasteiger partial charge in [-0.25, -0.2) is 0 Å². The highest BCUT2D eigenvalue weighted by Crippen LogP contribution is 2.08. The van der Waals surface area contributed by atoms with Crippen LogP contribution in [0.1, 0.15) is 0 Å². The first kappa shape index (κ1) is 20.3. The normalized spacial score (nSPS) is 23.5. The summed E-state index contributed by atoms with van der Waals surface area (Å²) in [5.74, 6) is 0. The van der Waals surface area contributed by atoms with Crippen LogP contribution in [0.15, 0.2) is 0 Å². The van der Waals surface area contributed by atoms with E-state index in [1.165, 1.54) is 52.4 Å². The molecular formula is C15H38N5Si2. The smallest absolute Gasteiger partial charge is 0.191 e. The van der Waals surface area contributed by atoms with Crippen molar-refractivity contribution in [2.75, 3.05) is 73.5 Å². The fraction of sp³-hybridized carbons (Fsp3) is 1.00. The highest BCUT2D eigenvalue weighted by Gasteiger charge is 2.30. The van der Waals surface area contributed by atoms with Crippen molar-refractivity contribution in [2.24, 2.45) is 0 Å². The van der Waals surface area contributed by atoms with E-state index in [-0.39, 0.29) is 8.96 Å². The van der Waals surface area contributed by atoms with Crippen LogP contribution < -0.4 is 4.65 Å². The predicted molar refractivity (Wildman–Crippen MR) is 102 cm³/mol. The highest BCUT2D eigenvalue weighted by molar-refractivity contribution is 6.81. The van der Waals surface area contributed by atoms with Gasteiger partial charge in [-0.1, -0.05) is 13.1 Å². The van der Waals surface area contributed by atoms with E-state index < -0.39 is 8.40 Å². The third kappa shape index (κ3) is 7.67. The van der Waals surface area contributed by atoms with Gasteiger partial charge in [-0.15, -0.1) is 0 Å². The number of nitrogens with zero attached hydrogens (tertiary/aromatic N) is 4. The average molecular weight is 345 g/mol. The van der Waals surface area contributed by atoms with Crippen LogP contribution in [0, 0.1) is 0 Å². The molecule has 0 spiro atoms. The third-order valence-electron chi connectivity index (χ3n) is 4.58. The van der Waals surface area contributed by atoms with Crippen molar-refractivity contribution in [1.82, 2.24) is 23.9 Å². The van der Waals surface area contributed by atoms with Gasteiger partial charge < -0.3 is 23.9 Å². The minimum atomic E-state index is -1.50. The average Bonchev–Trinajstić information content (AvgIpc) is 2.39. The van der Waals surface area contributed by atoms with Gasteiger partial charge in [-0.3, -0.25) is 0 Å². The van der Waals surface area contributed by atoms with E-state index in [4.69, 9.17) is 0 Å². The molecule has 0 unspecified atom stereocenters. The Balaban J connectivity index is 2.70. The maximum atomic E-state index is 3.96. The Hall–Kier alpha value is 0.234. The second-order valence-corrected chi connectivity index (χ2v) is 14.3. The third-order valence-corrected chi connectivity index (χ3v) is 11.1. The van der Waals surface area contributed by atoms with Gasteiger partial charge in [0, 0.05) is 52.4 Å². The summed E-state index contributed by atoms with van der Waals surface area (Å²) >= 11 is 0. The maximum Gasteiger partial charge on any atom is 0.191 e. The lowest BCUT2D eigenvalue weighted by Crippen LogP contribution is -2.65. The number of likely N-dealkylation sites (N-methyl/N-ethyl adjacent to an activating group) is 3. The lowest BCUT2D eigenvalue weighted by molar-refractivity contribution is 0.196. The molecule has 0 aromatic carbocycles. The lowest BCUT2D eigenvalue weighted by Gasteiger charge is -2.40. The van der Waals surface area contributed by atoms with E-state index in [9.17, 15) is 0 Å². The number of hydrogen-bond donors (Lipinski definition) is 1. The molecule has 1 radical (unpaired) electrons. The SMILES string of the molecule is CN1CCN(C)CCN([Si](C)(C)N[Si](C)C)CCN(C)CC1. The van der Waals surface area contributed by atoms with Gasteiger partial charge >= 0.3 is 0 Å². The monoisotopic (exact) mass is 344 g/mol. The molecule has 1 heterocycles. The highest BCUT2D eigenvalue weighted by atomic mass is 28.4. The zero-order chi connectivity index (χ0) is 16.8. The molecule has 0 aliphatic carbocycles. The molecule has 0 atom stereocenters. The number of hydrogen-bond acceptors (Lipinski definition) is 5. The second-order valence-electron chi connectivity index (χ2n) is 7.58. The number of rotatable bonds is 3. The standard InChI is InChI=1S/C15H38N5Si2/c1-17-8-10-18(2)12-14-20(15-13-19(3)11-9-17)22(6,7)16-21(4)5/h16H,8-15H2,1-7H3. The van der Waals surface area contributed by atoms with Gasteiger partial charge in [-0.2, -0.15) is 0 Å².